The minimum atomic E-state index is -0.505. The molecule has 1 N–H and O–H groups in total. The van der Waals surface area contributed by atoms with Gasteiger partial charge in [-0.25, -0.2) is 4.98 Å². The fourth-order valence-corrected chi connectivity index (χ4v) is 3.04. The Hall–Kier alpha value is -3.22. The molecule has 0 bridgehead atoms. The molecule has 1 fully saturated rings. The van der Waals surface area contributed by atoms with Crippen LogP contribution in [0.1, 0.15) is 16.8 Å². The van der Waals surface area contributed by atoms with E-state index in [-0.39, 0.29) is 6.10 Å². The highest BCUT2D eigenvalue weighted by Crippen LogP contribution is 2.21. The molecular formula is C18H16N4O3. The third-order valence-corrected chi connectivity index (χ3v) is 4.29. The van der Waals surface area contributed by atoms with Crippen molar-refractivity contribution < 1.29 is 14.3 Å². The van der Waals surface area contributed by atoms with E-state index in [1.54, 1.807) is 18.6 Å². The van der Waals surface area contributed by atoms with E-state index in [1.807, 2.05) is 24.3 Å². The third kappa shape index (κ3) is 2.96. The van der Waals surface area contributed by atoms with E-state index >= 15 is 0 Å². The summed E-state index contributed by atoms with van der Waals surface area (Å²) in [6.45, 7) is 0.849. The number of ether oxygens (including phenoxy) is 1. The molecule has 1 atom stereocenters. The van der Waals surface area contributed by atoms with Crippen LogP contribution in [0.3, 0.4) is 0 Å². The number of ketones is 1. The van der Waals surface area contributed by atoms with E-state index in [4.69, 9.17) is 4.74 Å². The maximum atomic E-state index is 12.6. The summed E-state index contributed by atoms with van der Waals surface area (Å²) in [6.07, 6.45) is 6.71. The molecule has 1 amide bonds. The molecule has 1 saturated heterocycles. The number of aromatic nitrogens is 3. The number of rotatable bonds is 4. The van der Waals surface area contributed by atoms with Gasteiger partial charge >= 0.3 is 0 Å². The minimum Gasteiger partial charge on any atom is -0.471 e. The third-order valence-electron chi connectivity index (χ3n) is 4.29. The predicted octanol–water partition coefficient (Wildman–Crippen LogP) is 1.82. The van der Waals surface area contributed by atoms with E-state index in [1.165, 1.54) is 11.1 Å². The number of hydrogen-bond acceptors (Lipinski definition) is 5. The fraction of sp³-hybridized carbons (Fsp3) is 0.222. The smallest absolute Gasteiger partial charge is 0.295 e. The first-order valence-corrected chi connectivity index (χ1v) is 8.05. The Kier molecular flexibility index (Phi) is 3.89. The van der Waals surface area contributed by atoms with E-state index in [0.717, 1.165) is 10.9 Å². The molecule has 0 radical (unpaired) electrons. The second kappa shape index (κ2) is 6.35. The SMILES string of the molecule is O=C(C(=O)N1CCC(Oc2cnccn2)C1)c1c[nH]c2ccccc12. The first kappa shape index (κ1) is 15.3. The van der Waals surface area contributed by atoms with Crippen molar-refractivity contribution in [2.45, 2.75) is 12.5 Å². The first-order valence-electron chi connectivity index (χ1n) is 8.05. The van der Waals surface area contributed by atoms with E-state index in [0.29, 0.717) is 31.0 Å². The standard InChI is InChI=1S/C18H16N4O3/c23-17(14-9-21-15-4-2-1-3-13(14)15)18(24)22-8-5-12(11-22)25-16-10-19-6-7-20-16/h1-4,6-7,9-10,12,21H,5,8,11H2. The Bertz CT molecular complexity index is 922. The van der Waals surface area contributed by atoms with Crippen molar-refractivity contribution in [3.05, 3.63) is 54.6 Å². The summed E-state index contributed by atoms with van der Waals surface area (Å²) >= 11 is 0. The van der Waals surface area contributed by atoms with Gasteiger partial charge in [0.15, 0.2) is 0 Å². The topological polar surface area (TPSA) is 88.2 Å². The number of Topliss-reactive ketones (excluding diaryl/α,β-unsaturated/α-hetero) is 1. The molecule has 7 heteroatoms. The van der Waals surface area contributed by atoms with Gasteiger partial charge in [0.05, 0.1) is 18.3 Å². The van der Waals surface area contributed by atoms with Crippen LogP contribution in [0.4, 0.5) is 0 Å². The zero-order valence-corrected chi connectivity index (χ0v) is 13.4. The number of fused-ring (bicyclic) bond motifs is 1. The van der Waals surface area contributed by atoms with Gasteiger partial charge in [0.1, 0.15) is 6.10 Å². The summed E-state index contributed by atoms with van der Waals surface area (Å²) in [5.41, 5.74) is 1.24. The van der Waals surface area contributed by atoms with Gasteiger partial charge in [0.25, 0.3) is 11.7 Å². The maximum Gasteiger partial charge on any atom is 0.295 e. The van der Waals surface area contributed by atoms with Crippen molar-refractivity contribution in [3.63, 3.8) is 0 Å². The van der Waals surface area contributed by atoms with Crippen molar-refractivity contribution in [1.29, 1.82) is 0 Å². The van der Waals surface area contributed by atoms with Crippen LogP contribution >= 0.6 is 0 Å². The number of hydrogen-bond donors (Lipinski definition) is 1. The van der Waals surface area contributed by atoms with Crippen molar-refractivity contribution in [2.24, 2.45) is 0 Å². The normalized spacial score (nSPS) is 17.0. The monoisotopic (exact) mass is 336 g/mol. The van der Waals surface area contributed by atoms with E-state index in [2.05, 4.69) is 15.0 Å². The molecule has 7 nitrogen and oxygen atoms in total. The molecule has 1 aromatic carbocycles. The number of carbonyl (C=O) groups is 2. The lowest BCUT2D eigenvalue weighted by Gasteiger charge is -2.15. The highest BCUT2D eigenvalue weighted by molar-refractivity contribution is 6.44. The summed E-state index contributed by atoms with van der Waals surface area (Å²) in [5, 5.41) is 0.757. The van der Waals surface area contributed by atoms with Crippen LogP contribution in [-0.2, 0) is 4.79 Å². The summed E-state index contributed by atoms with van der Waals surface area (Å²) in [5.74, 6) is -0.586. The Morgan fingerprint density at radius 3 is 2.96 bits per heavy atom. The predicted molar refractivity (Wildman–Crippen MR) is 90.3 cm³/mol. The highest BCUT2D eigenvalue weighted by Gasteiger charge is 2.32. The van der Waals surface area contributed by atoms with Gasteiger partial charge in [-0.3, -0.25) is 14.6 Å². The number of nitrogens with zero attached hydrogens (tertiary/aromatic N) is 3. The molecule has 25 heavy (non-hydrogen) atoms. The van der Waals surface area contributed by atoms with Gasteiger partial charge in [0.2, 0.25) is 5.88 Å². The highest BCUT2D eigenvalue weighted by atomic mass is 16.5. The zero-order chi connectivity index (χ0) is 17.2. The van der Waals surface area contributed by atoms with Gasteiger partial charge < -0.3 is 14.6 Å². The van der Waals surface area contributed by atoms with Crippen LogP contribution in [0.5, 0.6) is 5.88 Å². The van der Waals surface area contributed by atoms with Gasteiger partial charge in [-0.05, 0) is 6.07 Å². The minimum absolute atomic E-state index is 0.184. The average Bonchev–Trinajstić information content (AvgIpc) is 3.28. The Labute approximate surface area is 143 Å². The summed E-state index contributed by atoms with van der Waals surface area (Å²) in [6, 6.07) is 7.43. The lowest BCUT2D eigenvalue weighted by atomic mass is 10.1. The fourth-order valence-electron chi connectivity index (χ4n) is 3.04. The molecule has 126 valence electrons. The summed E-state index contributed by atoms with van der Waals surface area (Å²) in [7, 11) is 0. The molecule has 4 rings (SSSR count). The molecule has 0 aliphatic carbocycles. The molecule has 3 heterocycles. The second-order valence-electron chi connectivity index (χ2n) is 5.90. The largest absolute Gasteiger partial charge is 0.471 e. The van der Waals surface area contributed by atoms with E-state index in [9.17, 15) is 9.59 Å². The van der Waals surface area contributed by atoms with Crippen LogP contribution in [0.15, 0.2) is 49.1 Å². The Morgan fingerprint density at radius 2 is 2.12 bits per heavy atom. The molecule has 0 spiro atoms. The molecule has 3 aromatic rings. The van der Waals surface area contributed by atoms with Crippen molar-refractivity contribution >= 4 is 22.6 Å². The van der Waals surface area contributed by atoms with Crippen LogP contribution < -0.4 is 4.74 Å². The Balaban J connectivity index is 1.45. The van der Waals surface area contributed by atoms with Crippen LogP contribution in [0.25, 0.3) is 10.9 Å². The zero-order valence-electron chi connectivity index (χ0n) is 13.4. The van der Waals surface area contributed by atoms with Crippen LogP contribution in [0, 0.1) is 0 Å². The molecule has 2 aromatic heterocycles. The number of aromatic amines is 1. The van der Waals surface area contributed by atoms with Crippen LogP contribution in [-0.4, -0.2) is 50.7 Å². The van der Waals surface area contributed by atoms with Crippen LogP contribution in [0.2, 0.25) is 0 Å². The van der Waals surface area contributed by atoms with E-state index < -0.39 is 11.7 Å². The van der Waals surface area contributed by atoms with Gasteiger partial charge in [0, 0.05) is 42.5 Å². The molecule has 1 aliphatic rings. The molecule has 1 aliphatic heterocycles. The lowest BCUT2D eigenvalue weighted by molar-refractivity contribution is -0.125. The molecule has 1 unspecified atom stereocenters. The summed E-state index contributed by atoms with van der Waals surface area (Å²) in [4.78, 5) is 37.7. The number of amides is 1. The number of carbonyl (C=O) groups excluding carboxylic acids is 2. The quantitative estimate of drug-likeness (QED) is 0.580. The lowest BCUT2D eigenvalue weighted by Crippen LogP contribution is -2.36. The van der Waals surface area contributed by atoms with Crippen molar-refractivity contribution in [3.8, 4) is 5.88 Å². The average molecular weight is 336 g/mol. The first-order chi connectivity index (χ1) is 12.2. The Morgan fingerprint density at radius 1 is 1.24 bits per heavy atom. The number of H-pyrrole nitrogens is 1. The molecule has 0 saturated carbocycles. The maximum absolute atomic E-state index is 12.6. The number of benzene rings is 1. The van der Waals surface area contributed by atoms with Crippen molar-refractivity contribution in [1.82, 2.24) is 19.9 Å². The van der Waals surface area contributed by atoms with Crippen molar-refractivity contribution in [2.75, 3.05) is 13.1 Å². The summed E-state index contributed by atoms with van der Waals surface area (Å²) < 4.78 is 5.71. The van der Waals surface area contributed by atoms with Gasteiger partial charge in [-0.1, -0.05) is 18.2 Å². The number of likely N-dealkylation sites (tertiary alicyclic amines) is 1. The second-order valence-corrected chi connectivity index (χ2v) is 5.90. The van der Waals surface area contributed by atoms with Gasteiger partial charge in [-0.2, -0.15) is 0 Å². The molecular weight excluding hydrogens is 320 g/mol. The number of para-hydroxylation sites is 1. The van der Waals surface area contributed by atoms with Gasteiger partial charge in [-0.15, -0.1) is 0 Å². The number of nitrogens with one attached hydrogen (secondary N) is 1.